The summed E-state index contributed by atoms with van der Waals surface area (Å²) in [6.45, 7) is 0. The molecule has 0 radical (unpaired) electrons. The molecule has 2 aromatic heterocycles. The Kier molecular flexibility index (Phi) is 3.17. The molecule has 0 N–H and O–H groups in total. The molecule has 5 rings (SSSR count). The van der Waals surface area contributed by atoms with Crippen molar-refractivity contribution in [3.8, 4) is 0 Å². The first-order valence-electron chi connectivity index (χ1n) is 7.07. The largest absolute Gasteiger partial charge is 0.289 e. The average molecular weight is 478 g/mol. The molecule has 0 fully saturated rings. The molecule has 116 valence electrons. The van der Waals surface area contributed by atoms with Gasteiger partial charge in [-0.1, -0.05) is 0 Å². The monoisotopic (exact) mass is 476 g/mol. The van der Waals surface area contributed by atoms with E-state index in [-0.39, 0.29) is 11.6 Å². The van der Waals surface area contributed by atoms with E-state index in [4.69, 9.17) is 0 Å². The Balaban J connectivity index is 1.83. The van der Waals surface area contributed by atoms with Crippen LogP contribution in [-0.4, -0.2) is 11.6 Å². The third kappa shape index (κ3) is 2.03. The number of hydrogen-bond donors (Lipinski definition) is 0. The molecule has 0 aliphatic heterocycles. The van der Waals surface area contributed by atoms with Crippen molar-refractivity contribution < 1.29 is 9.59 Å². The van der Waals surface area contributed by atoms with E-state index in [9.17, 15) is 9.59 Å². The third-order valence-electron chi connectivity index (χ3n) is 4.23. The summed E-state index contributed by atoms with van der Waals surface area (Å²) in [5.41, 5.74) is 2.01. The van der Waals surface area contributed by atoms with Crippen molar-refractivity contribution in [3.63, 3.8) is 0 Å². The second-order valence-corrected chi connectivity index (χ2v) is 10.6. The Hall–Kier alpha value is -1.34. The minimum atomic E-state index is -0.0738. The van der Waals surface area contributed by atoms with Crippen LogP contribution < -0.4 is 0 Å². The highest BCUT2D eigenvalue weighted by atomic mass is 79.9. The maximum absolute atomic E-state index is 13.0. The molecule has 0 bridgehead atoms. The number of hydrogen-bond acceptors (Lipinski definition) is 4. The molecule has 0 unspecified atom stereocenters. The molecule has 2 aromatic carbocycles. The highest BCUT2D eigenvalue weighted by Crippen LogP contribution is 2.38. The Morgan fingerprint density at radius 2 is 0.958 bits per heavy atom. The van der Waals surface area contributed by atoms with Gasteiger partial charge in [0, 0.05) is 31.7 Å². The lowest BCUT2D eigenvalue weighted by Gasteiger charge is -2.17. The van der Waals surface area contributed by atoms with Crippen molar-refractivity contribution in [1.82, 2.24) is 0 Å². The fraction of sp³-hybridized carbons (Fsp3) is 0. The van der Waals surface area contributed by atoms with Crippen molar-refractivity contribution >= 4 is 86.3 Å². The lowest BCUT2D eigenvalue weighted by Crippen LogP contribution is -2.20. The summed E-state index contributed by atoms with van der Waals surface area (Å²) in [4.78, 5) is 26.0. The van der Waals surface area contributed by atoms with Crippen LogP contribution in [0.5, 0.6) is 0 Å². The van der Waals surface area contributed by atoms with E-state index in [0.717, 1.165) is 27.7 Å². The van der Waals surface area contributed by atoms with Crippen molar-refractivity contribution in [2.75, 3.05) is 0 Å². The standard InChI is InChI=1S/C18H6Br2O2S2/c19-15-3-7-1-9-11(5-13(7)23-15)18(22)10-2-8-4-16(20)24-14(8)6-12(10)17(9)21/h1-6H. The maximum atomic E-state index is 13.0. The number of rotatable bonds is 0. The van der Waals surface area contributed by atoms with Gasteiger partial charge in [0.2, 0.25) is 0 Å². The smallest absolute Gasteiger partial charge is 0.194 e. The van der Waals surface area contributed by atoms with Gasteiger partial charge in [-0.15, -0.1) is 22.7 Å². The molecule has 0 saturated carbocycles. The average Bonchev–Trinajstić information content (AvgIpc) is 3.09. The molecule has 6 heteroatoms. The molecule has 24 heavy (non-hydrogen) atoms. The summed E-state index contributed by atoms with van der Waals surface area (Å²) < 4.78 is 3.99. The van der Waals surface area contributed by atoms with E-state index < -0.39 is 0 Å². The van der Waals surface area contributed by atoms with Crippen LogP contribution in [0, 0.1) is 0 Å². The summed E-state index contributed by atoms with van der Waals surface area (Å²) in [6.07, 6.45) is 0. The second kappa shape index (κ2) is 5.08. The lowest BCUT2D eigenvalue weighted by atomic mass is 9.83. The van der Waals surface area contributed by atoms with Crippen molar-refractivity contribution in [2.45, 2.75) is 0 Å². The zero-order valence-electron chi connectivity index (χ0n) is 11.9. The van der Waals surface area contributed by atoms with Gasteiger partial charge in [-0.05, 0) is 79.0 Å². The topological polar surface area (TPSA) is 34.1 Å². The van der Waals surface area contributed by atoms with Crippen LogP contribution in [0.1, 0.15) is 31.8 Å². The van der Waals surface area contributed by atoms with Crippen molar-refractivity contribution in [3.05, 3.63) is 66.2 Å². The van der Waals surface area contributed by atoms with Crippen LogP contribution in [0.3, 0.4) is 0 Å². The van der Waals surface area contributed by atoms with E-state index in [2.05, 4.69) is 31.9 Å². The molecule has 0 amide bonds. The van der Waals surface area contributed by atoms with E-state index >= 15 is 0 Å². The number of benzene rings is 2. The van der Waals surface area contributed by atoms with E-state index in [1.807, 2.05) is 36.4 Å². The van der Waals surface area contributed by atoms with E-state index in [1.54, 1.807) is 22.7 Å². The van der Waals surface area contributed by atoms with Gasteiger partial charge in [-0.3, -0.25) is 9.59 Å². The summed E-state index contributed by atoms with van der Waals surface area (Å²) in [5.74, 6) is -0.148. The Morgan fingerprint density at radius 1 is 0.583 bits per heavy atom. The van der Waals surface area contributed by atoms with Gasteiger partial charge in [0.1, 0.15) is 0 Å². The predicted molar refractivity (Wildman–Crippen MR) is 106 cm³/mol. The van der Waals surface area contributed by atoms with Gasteiger partial charge in [0.05, 0.1) is 7.57 Å². The number of thiophene rings is 2. The van der Waals surface area contributed by atoms with Gasteiger partial charge in [0.25, 0.3) is 0 Å². The molecule has 2 nitrogen and oxygen atoms in total. The fourth-order valence-corrected chi connectivity index (χ4v) is 6.31. The van der Waals surface area contributed by atoms with Gasteiger partial charge in [0.15, 0.2) is 11.6 Å². The summed E-state index contributed by atoms with van der Waals surface area (Å²) in [7, 11) is 0. The molecule has 0 saturated heterocycles. The van der Waals surface area contributed by atoms with Crippen molar-refractivity contribution in [2.24, 2.45) is 0 Å². The van der Waals surface area contributed by atoms with E-state index in [0.29, 0.717) is 22.3 Å². The first kappa shape index (κ1) is 15.0. The number of halogens is 2. The minimum Gasteiger partial charge on any atom is -0.289 e. The Labute approximate surface area is 161 Å². The number of carbonyl (C=O) groups excluding carboxylic acids is 2. The zero-order chi connectivity index (χ0) is 16.6. The SMILES string of the molecule is O=C1c2cc3cc(Br)sc3cc2C(=O)c2cc3cc(Br)sc3cc21. The van der Waals surface area contributed by atoms with Gasteiger partial charge in [-0.25, -0.2) is 0 Å². The first-order valence-corrected chi connectivity index (χ1v) is 10.3. The summed E-state index contributed by atoms with van der Waals surface area (Å²) >= 11 is 10.1. The first-order chi connectivity index (χ1) is 11.5. The summed E-state index contributed by atoms with van der Waals surface area (Å²) in [6, 6.07) is 11.3. The lowest BCUT2D eigenvalue weighted by molar-refractivity contribution is 0.0979. The third-order valence-corrected chi connectivity index (χ3v) is 7.43. The predicted octanol–water partition coefficient (Wildman–Crippen LogP) is 6.42. The van der Waals surface area contributed by atoms with Crippen LogP contribution >= 0.6 is 54.5 Å². The fourth-order valence-electron chi connectivity index (χ4n) is 3.15. The molecule has 2 heterocycles. The molecule has 0 spiro atoms. The van der Waals surface area contributed by atoms with Gasteiger partial charge < -0.3 is 0 Å². The molecule has 0 atom stereocenters. The molecular weight excluding hydrogens is 472 g/mol. The second-order valence-electron chi connectivity index (χ2n) is 5.63. The molecule has 1 aliphatic rings. The Bertz CT molecular complexity index is 1030. The maximum Gasteiger partial charge on any atom is 0.194 e. The highest BCUT2D eigenvalue weighted by Gasteiger charge is 2.31. The molecular formula is C18H6Br2O2S2. The number of carbonyl (C=O) groups is 2. The zero-order valence-corrected chi connectivity index (χ0v) is 16.7. The Morgan fingerprint density at radius 3 is 1.38 bits per heavy atom. The minimum absolute atomic E-state index is 0.0738. The number of fused-ring (bicyclic) bond motifs is 4. The van der Waals surface area contributed by atoms with Crippen LogP contribution in [-0.2, 0) is 0 Å². The highest BCUT2D eigenvalue weighted by molar-refractivity contribution is 9.11. The van der Waals surface area contributed by atoms with Crippen LogP contribution in [0.2, 0.25) is 0 Å². The molecule has 4 aromatic rings. The van der Waals surface area contributed by atoms with Gasteiger partial charge >= 0.3 is 0 Å². The van der Waals surface area contributed by atoms with Crippen LogP contribution in [0.25, 0.3) is 20.2 Å². The van der Waals surface area contributed by atoms with Crippen molar-refractivity contribution in [1.29, 1.82) is 0 Å². The summed E-state index contributed by atoms with van der Waals surface area (Å²) in [5, 5.41) is 1.96. The molecule has 1 aliphatic carbocycles. The van der Waals surface area contributed by atoms with Crippen LogP contribution in [0.15, 0.2) is 44.0 Å². The van der Waals surface area contributed by atoms with Crippen LogP contribution in [0.4, 0.5) is 0 Å². The number of ketones is 2. The quantitative estimate of drug-likeness (QED) is 0.258. The van der Waals surface area contributed by atoms with E-state index in [1.165, 1.54) is 0 Å². The van der Waals surface area contributed by atoms with Gasteiger partial charge in [-0.2, -0.15) is 0 Å². The normalized spacial score (nSPS) is 13.6.